The molecular formula is C49H103NOSSi. The van der Waals surface area contributed by atoms with Gasteiger partial charge in [0, 0.05) is 13.2 Å². The van der Waals surface area contributed by atoms with E-state index >= 15 is 0 Å². The highest BCUT2D eigenvalue weighted by Gasteiger charge is 2.33. The monoisotopic (exact) mass is 782 g/mol. The van der Waals surface area contributed by atoms with Gasteiger partial charge in [-0.2, -0.15) is 12.6 Å². The van der Waals surface area contributed by atoms with Gasteiger partial charge in [-0.05, 0) is 56.2 Å². The Morgan fingerprint density at radius 1 is 0.321 bits per heavy atom. The number of unbranched alkanes of at least 4 members (excludes halogenated alkanes) is 32. The molecule has 320 valence electrons. The second kappa shape index (κ2) is 45.2. The van der Waals surface area contributed by atoms with Gasteiger partial charge in [0.1, 0.15) is 0 Å². The Balaban J connectivity index is 5.09. The molecule has 0 bridgehead atoms. The van der Waals surface area contributed by atoms with E-state index in [0.29, 0.717) is 0 Å². The topological polar surface area (TPSA) is 12.5 Å². The van der Waals surface area contributed by atoms with Crippen LogP contribution in [0.2, 0.25) is 18.1 Å². The Bertz CT molecular complexity index is 618. The minimum absolute atomic E-state index is 0.988. The second-order valence-electron chi connectivity index (χ2n) is 17.5. The van der Waals surface area contributed by atoms with Crippen LogP contribution in [0, 0.1) is 0 Å². The molecule has 0 aliphatic rings. The SMILES string of the molecule is CCCCCCCCCCCCN(CCCCCCCCCCCC)CCO[Si](CCCS)(CCCCCCCCCC)CCCCCCCCCC. The summed E-state index contributed by atoms with van der Waals surface area (Å²) >= 11 is 4.72. The minimum atomic E-state index is -1.75. The smallest absolute Gasteiger partial charge is 0.192 e. The fourth-order valence-electron chi connectivity index (χ4n) is 8.53. The Hall–Kier alpha value is 0.487. The van der Waals surface area contributed by atoms with Gasteiger partial charge < -0.3 is 9.33 Å². The average molecular weight is 783 g/mol. The largest absolute Gasteiger partial charge is 0.416 e. The summed E-state index contributed by atoms with van der Waals surface area (Å²) in [4.78, 5) is 2.83. The highest BCUT2D eigenvalue weighted by molar-refractivity contribution is 7.80. The van der Waals surface area contributed by atoms with Gasteiger partial charge in [0.05, 0.1) is 0 Å². The molecule has 0 saturated carbocycles. The van der Waals surface area contributed by atoms with Gasteiger partial charge in [0.15, 0.2) is 8.32 Å². The van der Waals surface area contributed by atoms with Crippen molar-refractivity contribution in [2.75, 3.05) is 32.0 Å². The summed E-state index contributed by atoms with van der Waals surface area (Å²) < 4.78 is 7.34. The predicted molar refractivity (Wildman–Crippen MR) is 250 cm³/mol. The van der Waals surface area contributed by atoms with Crippen LogP contribution < -0.4 is 0 Å². The Kier molecular flexibility index (Phi) is 45.6. The van der Waals surface area contributed by atoms with E-state index in [9.17, 15) is 0 Å². The van der Waals surface area contributed by atoms with Gasteiger partial charge in [-0.25, -0.2) is 0 Å². The number of thiol groups is 1. The van der Waals surface area contributed by atoms with Gasteiger partial charge in [-0.3, -0.25) is 0 Å². The molecule has 0 saturated heterocycles. The van der Waals surface area contributed by atoms with Crippen LogP contribution in [0.15, 0.2) is 0 Å². The molecule has 0 aliphatic carbocycles. The molecule has 4 heteroatoms. The van der Waals surface area contributed by atoms with Crippen molar-refractivity contribution in [1.29, 1.82) is 0 Å². The lowest BCUT2D eigenvalue weighted by atomic mass is 10.1. The number of nitrogens with zero attached hydrogens (tertiary/aromatic N) is 1. The van der Waals surface area contributed by atoms with Crippen molar-refractivity contribution in [3.63, 3.8) is 0 Å². The van der Waals surface area contributed by atoms with Gasteiger partial charge in [0.2, 0.25) is 0 Å². The summed E-state index contributed by atoms with van der Waals surface area (Å²) in [6, 6.07) is 4.16. The summed E-state index contributed by atoms with van der Waals surface area (Å²) in [6.07, 6.45) is 52.5. The maximum absolute atomic E-state index is 7.34. The van der Waals surface area contributed by atoms with Crippen molar-refractivity contribution >= 4 is 20.9 Å². The Morgan fingerprint density at radius 3 is 0.887 bits per heavy atom. The zero-order valence-electron chi connectivity index (χ0n) is 37.6. The van der Waals surface area contributed by atoms with E-state index in [1.807, 2.05) is 0 Å². The van der Waals surface area contributed by atoms with Crippen LogP contribution in [0.4, 0.5) is 0 Å². The van der Waals surface area contributed by atoms with Gasteiger partial charge in [0.25, 0.3) is 0 Å². The molecule has 0 aromatic rings. The van der Waals surface area contributed by atoms with Crippen LogP contribution in [0.5, 0.6) is 0 Å². The normalized spacial score (nSPS) is 12.1. The van der Waals surface area contributed by atoms with Crippen LogP contribution in [0.25, 0.3) is 0 Å². The molecule has 0 fully saturated rings. The standard InChI is InChI=1S/C49H103NOSSi/c1-5-9-13-17-21-25-27-29-33-37-42-50(43-38-34-30-28-26-22-18-14-10-6-2)44-45-51-53(49-41-46-52,47-39-35-31-23-19-15-11-7-3)48-40-36-32-24-20-16-12-8-4/h52H,5-49H2,1-4H3. The van der Waals surface area contributed by atoms with Crippen molar-refractivity contribution in [3.05, 3.63) is 0 Å². The molecule has 0 amide bonds. The van der Waals surface area contributed by atoms with Crippen LogP contribution in [0.1, 0.15) is 265 Å². The number of rotatable bonds is 47. The van der Waals surface area contributed by atoms with Crippen molar-refractivity contribution in [2.24, 2.45) is 0 Å². The molecule has 0 aromatic carbocycles. The third-order valence-corrected chi connectivity index (χ3v) is 17.2. The second-order valence-corrected chi connectivity index (χ2v) is 22.1. The third kappa shape index (κ3) is 39.1. The first-order chi connectivity index (χ1) is 26.2. The first-order valence-electron chi connectivity index (χ1n) is 25.1. The van der Waals surface area contributed by atoms with Crippen molar-refractivity contribution < 1.29 is 4.43 Å². The molecule has 53 heavy (non-hydrogen) atoms. The van der Waals surface area contributed by atoms with Gasteiger partial charge >= 0.3 is 0 Å². The zero-order valence-corrected chi connectivity index (χ0v) is 39.5. The molecule has 0 unspecified atom stereocenters. The molecule has 0 heterocycles. The quantitative estimate of drug-likeness (QED) is 0.0375. The van der Waals surface area contributed by atoms with Gasteiger partial charge in [-0.1, -0.05) is 246 Å². The van der Waals surface area contributed by atoms with Crippen LogP contribution in [-0.4, -0.2) is 45.2 Å². The molecule has 0 N–H and O–H groups in total. The van der Waals surface area contributed by atoms with Crippen LogP contribution >= 0.6 is 12.6 Å². The van der Waals surface area contributed by atoms with E-state index in [4.69, 9.17) is 17.1 Å². The lowest BCUT2D eigenvalue weighted by Gasteiger charge is -2.33. The lowest BCUT2D eigenvalue weighted by molar-refractivity contribution is 0.194. The van der Waals surface area contributed by atoms with Gasteiger partial charge in [-0.15, -0.1) is 0 Å². The number of hydrogen-bond acceptors (Lipinski definition) is 3. The molecule has 0 spiro atoms. The first kappa shape index (κ1) is 53.5. The van der Waals surface area contributed by atoms with E-state index in [0.717, 1.165) is 12.4 Å². The molecule has 0 radical (unpaired) electrons. The Morgan fingerprint density at radius 2 is 0.585 bits per heavy atom. The first-order valence-corrected chi connectivity index (χ1v) is 28.3. The third-order valence-electron chi connectivity index (χ3n) is 12.2. The van der Waals surface area contributed by atoms with E-state index in [-0.39, 0.29) is 0 Å². The molecule has 0 aliphatic heterocycles. The maximum atomic E-state index is 7.34. The Labute approximate surface area is 344 Å². The molecule has 0 rings (SSSR count). The van der Waals surface area contributed by atoms with E-state index in [1.54, 1.807) is 0 Å². The molecule has 2 nitrogen and oxygen atoms in total. The zero-order chi connectivity index (χ0) is 38.6. The summed E-state index contributed by atoms with van der Waals surface area (Å²) in [6.45, 7) is 14.0. The fourth-order valence-corrected chi connectivity index (χ4v) is 13.3. The fraction of sp³-hybridized carbons (Fsp3) is 1.00. The van der Waals surface area contributed by atoms with E-state index < -0.39 is 8.32 Å². The van der Waals surface area contributed by atoms with E-state index in [1.165, 1.54) is 275 Å². The molecule has 0 atom stereocenters. The highest BCUT2D eigenvalue weighted by Crippen LogP contribution is 2.31. The van der Waals surface area contributed by atoms with Crippen LogP contribution in [0.3, 0.4) is 0 Å². The summed E-state index contributed by atoms with van der Waals surface area (Å²) in [5, 5.41) is 0. The minimum Gasteiger partial charge on any atom is -0.416 e. The summed E-state index contributed by atoms with van der Waals surface area (Å²) in [7, 11) is -1.75. The van der Waals surface area contributed by atoms with Crippen LogP contribution in [-0.2, 0) is 4.43 Å². The number of hydrogen-bond donors (Lipinski definition) is 1. The highest BCUT2D eigenvalue weighted by atomic mass is 32.1. The van der Waals surface area contributed by atoms with E-state index in [2.05, 4.69) is 32.6 Å². The summed E-state index contributed by atoms with van der Waals surface area (Å²) in [5.74, 6) is 1.02. The van der Waals surface area contributed by atoms with Crippen molar-refractivity contribution in [2.45, 2.75) is 283 Å². The predicted octanol–water partition coefficient (Wildman–Crippen LogP) is 17.7. The lowest BCUT2D eigenvalue weighted by Crippen LogP contribution is -2.41. The molecule has 0 aromatic heterocycles. The summed E-state index contributed by atoms with van der Waals surface area (Å²) in [5.41, 5.74) is 0. The maximum Gasteiger partial charge on any atom is 0.192 e. The van der Waals surface area contributed by atoms with Crippen molar-refractivity contribution in [1.82, 2.24) is 4.90 Å². The average Bonchev–Trinajstić information content (AvgIpc) is 3.17. The molecular weight excluding hydrogens is 679 g/mol. The van der Waals surface area contributed by atoms with Crippen molar-refractivity contribution in [3.8, 4) is 0 Å².